The number of hydrogen-bond acceptors (Lipinski definition) is 5. The van der Waals surface area contributed by atoms with Crippen molar-refractivity contribution >= 4 is 23.2 Å². The summed E-state index contributed by atoms with van der Waals surface area (Å²) in [6, 6.07) is 16.6. The zero-order valence-corrected chi connectivity index (χ0v) is 21.4. The van der Waals surface area contributed by atoms with Crippen molar-refractivity contribution in [1.29, 1.82) is 0 Å². The van der Waals surface area contributed by atoms with Gasteiger partial charge >= 0.3 is 0 Å². The Hall–Kier alpha value is -3.39. The second-order valence-corrected chi connectivity index (χ2v) is 9.52. The van der Waals surface area contributed by atoms with E-state index < -0.39 is 6.10 Å². The molecule has 188 valence electrons. The molecule has 1 amide bonds. The molecule has 0 aliphatic heterocycles. The topological polar surface area (TPSA) is 102 Å². The minimum absolute atomic E-state index is 0.00963. The maximum Gasteiger partial charge on any atom is 0.251 e. The number of aromatic nitrogens is 2. The van der Waals surface area contributed by atoms with Crippen molar-refractivity contribution in [3.63, 3.8) is 0 Å². The molecule has 0 bridgehead atoms. The number of pyridine rings is 1. The second kappa shape index (κ2) is 11.1. The molecule has 2 heterocycles. The fourth-order valence-electron chi connectivity index (χ4n) is 4.05. The molecule has 4 N–H and O–H groups in total. The number of carbonyl (C=O) groups excluding carboxylic acids is 1. The number of carbonyl (C=O) groups is 1. The number of nitrogens with two attached hydrogens (primary N) is 1. The normalized spacial score (nSPS) is 13.1. The number of amides is 1. The van der Waals surface area contributed by atoms with Gasteiger partial charge in [0.25, 0.3) is 5.91 Å². The first-order valence-electron chi connectivity index (χ1n) is 12.0. The molecule has 4 aromatic rings. The Morgan fingerprint density at radius 1 is 1.17 bits per heavy atom. The number of nitrogens with zero attached hydrogens (tertiary/aromatic N) is 2. The molecule has 36 heavy (non-hydrogen) atoms. The van der Waals surface area contributed by atoms with Crippen LogP contribution in [-0.2, 0) is 6.42 Å². The largest absolute Gasteiger partial charge is 0.489 e. The van der Waals surface area contributed by atoms with Crippen molar-refractivity contribution in [1.82, 2.24) is 14.7 Å². The Morgan fingerprint density at radius 3 is 2.56 bits per heavy atom. The molecule has 0 saturated heterocycles. The maximum atomic E-state index is 12.8. The van der Waals surface area contributed by atoms with E-state index in [0.717, 1.165) is 28.0 Å². The molecule has 2 aromatic carbocycles. The van der Waals surface area contributed by atoms with Crippen LogP contribution in [0.3, 0.4) is 0 Å². The minimum atomic E-state index is -0.600. The standard InChI is InChI=1S/C28H31ClN4O3/c1-17(2)36-26-11-10-21(14-24(26)29)28(35)31-22(15-30)13-19-6-8-20(9-7-19)25-16-33-12-4-5-23(18(3)34)27(33)32-25/h4-12,14,16-18,22,34H,13,15,30H2,1-3H3,(H,31,35). The van der Waals surface area contributed by atoms with Crippen LogP contribution in [0.25, 0.3) is 16.9 Å². The minimum Gasteiger partial charge on any atom is -0.489 e. The summed E-state index contributed by atoms with van der Waals surface area (Å²) < 4.78 is 7.55. The van der Waals surface area contributed by atoms with E-state index in [1.54, 1.807) is 25.1 Å². The Morgan fingerprint density at radius 2 is 1.92 bits per heavy atom. The molecule has 0 radical (unpaired) electrons. The van der Waals surface area contributed by atoms with Crippen LogP contribution < -0.4 is 15.8 Å². The van der Waals surface area contributed by atoms with E-state index in [-0.39, 0.29) is 18.1 Å². The predicted molar refractivity (Wildman–Crippen MR) is 142 cm³/mol. The summed E-state index contributed by atoms with van der Waals surface area (Å²) in [6.07, 6.45) is 3.84. The van der Waals surface area contributed by atoms with Gasteiger partial charge in [-0.3, -0.25) is 4.79 Å². The lowest BCUT2D eigenvalue weighted by atomic mass is 10.0. The number of benzene rings is 2. The van der Waals surface area contributed by atoms with Gasteiger partial charge in [-0.1, -0.05) is 41.9 Å². The summed E-state index contributed by atoms with van der Waals surface area (Å²) in [7, 11) is 0. The summed E-state index contributed by atoms with van der Waals surface area (Å²) in [5, 5.41) is 13.4. The van der Waals surface area contributed by atoms with Gasteiger partial charge in [0.15, 0.2) is 0 Å². The number of aliphatic hydroxyl groups is 1. The fraction of sp³-hybridized carbons (Fsp3) is 0.286. The van der Waals surface area contributed by atoms with Crippen molar-refractivity contribution in [3.05, 3.63) is 88.7 Å². The van der Waals surface area contributed by atoms with Gasteiger partial charge in [0.1, 0.15) is 11.4 Å². The van der Waals surface area contributed by atoms with E-state index in [0.29, 0.717) is 29.3 Å². The predicted octanol–water partition coefficient (Wildman–Crippen LogP) is 4.80. The molecule has 2 atom stereocenters. The van der Waals surface area contributed by atoms with Gasteiger partial charge in [-0.25, -0.2) is 4.98 Å². The SMILES string of the molecule is CC(C)Oc1ccc(C(=O)NC(CN)Cc2ccc(-c3cn4cccc(C(C)O)c4n3)cc2)cc1Cl. The monoisotopic (exact) mass is 506 g/mol. The molecule has 4 rings (SSSR count). The number of ether oxygens (including phenoxy) is 1. The second-order valence-electron chi connectivity index (χ2n) is 9.12. The molecule has 0 saturated carbocycles. The molecular formula is C28H31ClN4O3. The molecule has 7 nitrogen and oxygen atoms in total. The van der Waals surface area contributed by atoms with Crippen molar-refractivity contribution in [2.45, 2.75) is 45.4 Å². The summed E-state index contributed by atoms with van der Waals surface area (Å²) >= 11 is 6.28. The first kappa shape index (κ1) is 25.7. The Kier molecular flexibility index (Phi) is 7.94. The van der Waals surface area contributed by atoms with E-state index in [9.17, 15) is 9.90 Å². The first-order valence-corrected chi connectivity index (χ1v) is 12.3. The first-order chi connectivity index (χ1) is 17.2. The number of aliphatic hydroxyl groups excluding tert-OH is 1. The maximum absolute atomic E-state index is 12.8. The summed E-state index contributed by atoms with van der Waals surface area (Å²) in [4.78, 5) is 17.5. The van der Waals surface area contributed by atoms with Crippen LogP contribution in [0.15, 0.2) is 67.0 Å². The average molecular weight is 507 g/mol. The smallest absolute Gasteiger partial charge is 0.251 e. The lowest BCUT2D eigenvalue weighted by Crippen LogP contribution is -2.41. The number of fused-ring (bicyclic) bond motifs is 1. The molecule has 2 aromatic heterocycles. The van der Waals surface area contributed by atoms with Crippen molar-refractivity contribution in [2.24, 2.45) is 5.73 Å². The molecule has 0 aliphatic rings. The number of hydrogen-bond donors (Lipinski definition) is 3. The van der Waals surface area contributed by atoms with E-state index in [4.69, 9.17) is 27.1 Å². The van der Waals surface area contributed by atoms with Crippen LogP contribution in [0, 0.1) is 0 Å². The summed E-state index contributed by atoms with van der Waals surface area (Å²) in [5.41, 5.74) is 10.8. The average Bonchev–Trinajstić information content (AvgIpc) is 3.29. The van der Waals surface area contributed by atoms with Crippen LogP contribution >= 0.6 is 11.6 Å². The third-order valence-corrected chi connectivity index (χ3v) is 6.17. The van der Waals surface area contributed by atoms with Crippen molar-refractivity contribution in [2.75, 3.05) is 6.54 Å². The van der Waals surface area contributed by atoms with Gasteiger partial charge in [0.2, 0.25) is 0 Å². The van der Waals surface area contributed by atoms with Gasteiger partial charge in [-0.2, -0.15) is 0 Å². The number of rotatable bonds is 9. The van der Waals surface area contributed by atoms with Crippen molar-refractivity contribution in [3.8, 4) is 17.0 Å². The molecular weight excluding hydrogens is 476 g/mol. The van der Waals surface area contributed by atoms with Gasteiger partial charge in [0, 0.05) is 41.7 Å². The zero-order valence-electron chi connectivity index (χ0n) is 20.6. The highest BCUT2D eigenvalue weighted by molar-refractivity contribution is 6.32. The Balaban J connectivity index is 1.44. The molecule has 8 heteroatoms. The van der Waals surface area contributed by atoms with Crippen LogP contribution in [0.4, 0.5) is 0 Å². The van der Waals surface area contributed by atoms with Crippen LogP contribution in [0.2, 0.25) is 5.02 Å². The Bertz CT molecular complexity index is 1350. The van der Waals surface area contributed by atoms with Gasteiger partial charge < -0.3 is 25.3 Å². The highest BCUT2D eigenvalue weighted by Gasteiger charge is 2.16. The molecule has 0 spiro atoms. The van der Waals surface area contributed by atoms with Crippen LogP contribution in [0.5, 0.6) is 5.75 Å². The lowest BCUT2D eigenvalue weighted by Gasteiger charge is -2.18. The number of imidazole rings is 1. The van der Waals surface area contributed by atoms with Crippen molar-refractivity contribution < 1.29 is 14.6 Å². The molecule has 2 unspecified atom stereocenters. The Labute approximate surface area is 215 Å². The number of halogens is 1. The van der Waals surface area contributed by atoms with E-state index in [2.05, 4.69) is 5.32 Å². The van der Waals surface area contributed by atoms with E-state index >= 15 is 0 Å². The zero-order chi connectivity index (χ0) is 25.8. The highest BCUT2D eigenvalue weighted by atomic mass is 35.5. The quantitative estimate of drug-likeness (QED) is 0.303. The fourth-order valence-corrected chi connectivity index (χ4v) is 4.27. The van der Waals surface area contributed by atoms with Gasteiger partial charge in [-0.05, 0) is 57.0 Å². The van der Waals surface area contributed by atoms with E-state index in [1.165, 1.54) is 0 Å². The molecule has 0 aliphatic carbocycles. The van der Waals surface area contributed by atoms with Crippen LogP contribution in [-0.4, -0.2) is 39.1 Å². The highest BCUT2D eigenvalue weighted by Crippen LogP contribution is 2.27. The van der Waals surface area contributed by atoms with Gasteiger partial charge in [-0.15, -0.1) is 0 Å². The summed E-state index contributed by atoms with van der Waals surface area (Å²) in [6.45, 7) is 5.86. The summed E-state index contributed by atoms with van der Waals surface area (Å²) in [5.74, 6) is 0.310. The lowest BCUT2D eigenvalue weighted by molar-refractivity contribution is 0.0938. The van der Waals surface area contributed by atoms with Gasteiger partial charge in [0.05, 0.1) is 22.9 Å². The van der Waals surface area contributed by atoms with Crippen LogP contribution in [0.1, 0.15) is 48.4 Å². The third-order valence-electron chi connectivity index (χ3n) is 5.87. The number of nitrogens with one attached hydrogen (secondary N) is 1. The van der Waals surface area contributed by atoms with E-state index in [1.807, 2.05) is 67.0 Å². The third kappa shape index (κ3) is 5.87. The molecule has 0 fully saturated rings.